The highest BCUT2D eigenvalue weighted by atomic mass is 16.6. The van der Waals surface area contributed by atoms with Gasteiger partial charge in [0.2, 0.25) is 0 Å². The van der Waals surface area contributed by atoms with Gasteiger partial charge in [0.1, 0.15) is 11.9 Å². The first kappa shape index (κ1) is 21.1. The molecule has 0 aromatic heterocycles. The van der Waals surface area contributed by atoms with Crippen LogP contribution in [0.3, 0.4) is 0 Å². The molecule has 0 aliphatic heterocycles. The zero-order chi connectivity index (χ0) is 17.0. The minimum Gasteiger partial charge on any atom is -0.457 e. The van der Waals surface area contributed by atoms with E-state index in [1.165, 1.54) is 12.8 Å². The third-order valence-electron chi connectivity index (χ3n) is 3.71. The fraction of sp³-hybridized carbons (Fsp3) is 0.882. The second kappa shape index (κ2) is 12.6. The summed E-state index contributed by atoms with van der Waals surface area (Å²) in [5.41, 5.74) is 0. The number of ether oxygens (including phenoxy) is 1. The van der Waals surface area contributed by atoms with Crippen LogP contribution in [0.5, 0.6) is 0 Å². The molecule has 0 aromatic rings. The first-order valence-corrected chi connectivity index (χ1v) is 8.31. The van der Waals surface area contributed by atoms with Crippen molar-refractivity contribution >= 4 is 11.8 Å². The number of ketones is 1. The van der Waals surface area contributed by atoms with E-state index in [4.69, 9.17) is 14.9 Å². The molecule has 5 heteroatoms. The van der Waals surface area contributed by atoms with Gasteiger partial charge in [-0.15, -0.1) is 0 Å². The van der Waals surface area contributed by atoms with Gasteiger partial charge in [0, 0.05) is 12.8 Å². The van der Waals surface area contributed by atoms with Gasteiger partial charge in [-0.25, -0.2) is 0 Å². The van der Waals surface area contributed by atoms with Crippen LogP contribution in [-0.2, 0) is 14.3 Å². The third kappa shape index (κ3) is 11.7. The van der Waals surface area contributed by atoms with Crippen molar-refractivity contribution in [3.63, 3.8) is 0 Å². The highest BCUT2D eigenvalue weighted by molar-refractivity contribution is 5.82. The summed E-state index contributed by atoms with van der Waals surface area (Å²) in [5, 5.41) is 17.6. The maximum absolute atomic E-state index is 11.8. The SMILES string of the molecule is CC(C)CCCC(C)CCC(=O)CCC(=O)OC(CO)CO. The average molecular weight is 316 g/mol. The highest BCUT2D eigenvalue weighted by Crippen LogP contribution is 2.17. The van der Waals surface area contributed by atoms with E-state index in [0.717, 1.165) is 18.8 Å². The Kier molecular flexibility index (Phi) is 12.1. The van der Waals surface area contributed by atoms with Crippen molar-refractivity contribution in [2.24, 2.45) is 11.8 Å². The van der Waals surface area contributed by atoms with E-state index < -0.39 is 25.3 Å². The molecule has 0 aromatic carbocycles. The molecular formula is C17H32O5. The normalized spacial score (nSPS) is 12.7. The summed E-state index contributed by atoms with van der Waals surface area (Å²) < 4.78 is 4.81. The number of aliphatic hydroxyl groups is 2. The third-order valence-corrected chi connectivity index (χ3v) is 3.71. The molecule has 0 radical (unpaired) electrons. The highest BCUT2D eigenvalue weighted by Gasteiger charge is 2.14. The van der Waals surface area contributed by atoms with Crippen LogP contribution in [0.25, 0.3) is 0 Å². The summed E-state index contributed by atoms with van der Waals surface area (Å²) in [5.74, 6) is 0.771. The van der Waals surface area contributed by atoms with Gasteiger partial charge < -0.3 is 14.9 Å². The van der Waals surface area contributed by atoms with E-state index >= 15 is 0 Å². The van der Waals surface area contributed by atoms with Gasteiger partial charge in [-0.1, -0.05) is 40.0 Å². The minimum absolute atomic E-state index is 0.0110. The molecule has 0 bridgehead atoms. The average Bonchev–Trinajstić information content (AvgIpc) is 2.48. The lowest BCUT2D eigenvalue weighted by molar-refractivity contribution is -0.154. The number of Topliss-reactive ketones (excluding diaryl/α,β-unsaturated/α-hetero) is 1. The number of carbonyl (C=O) groups is 2. The van der Waals surface area contributed by atoms with Crippen molar-refractivity contribution in [1.82, 2.24) is 0 Å². The van der Waals surface area contributed by atoms with Crippen LogP contribution in [0.4, 0.5) is 0 Å². The number of carbonyl (C=O) groups excluding carboxylic acids is 2. The molecule has 0 aliphatic carbocycles. The van der Waals surface area contributed by atoms with Crippen LogP contribution >= 0.6 is 0 Å². The van der Waals surface area contributed by atoms with Crippen molar-refractivity contribution in [2.45, 2.75) is 71.8 Å². The summed E-state index contributed by atoms with van der Waals surface area (Å²) in [7, 11) is 0. The Balaban J connectivity index is 3.74. The van der Waals surface area contributed by atoms with E-state index in [1.807, 2.05) is 0 Å². The van der Waals surface area contributed by atoms with Gasteiger partial charge in [-0.05, 0) is 18.3 Å². The fourth-order valence-electron chi connectivity index (χ4n) is 2.17. The molecule has 0 fully saturated rings. The Labute approximate surface area is 134 Å². The zero-order valence-electron chi connectivity index (χ0n) is 14.2. The fourth-order valence-corrected chi connectivity index (χ4v) is 2.17. The molecule has 0 rings (SSSR count). The Morgan fingerprint density at radius 1 is 0.909 bits per heavy atom. The second-order valence-corrected chi connectivity index (χ2v) is 6.48. The summed E-state index contributed by atoms with van der Waals surface area (Å²) >= 11 is 0. The van der Waals surface area contributed by atoms with Crippen LogP contribution < -0.4 is 0 Å². The van der Waals surface area contributed by atoms with Gasteiger partial charge in [-0.2, -0.15) is 0 Å². The molecular weight excluding hydrogens is 284 g/mol. The molecule has 22 heavy (non-hydrogen) atoms. The number of hydrogen-bond donors (Lipinski definition) is 2. The van der Waals surface area contributed by atoms with Gasteiger partial charge in [-0.3, -0.25) is 9.59 Å². The van der Waals surface area contributed by atoms with Gasteiger partial charge in [0.15, 0.2) is 0 Å². The molecule has 1 unspecified atom stereocenters. The molecule has 0 spiro atoms. The smallest absolute Gasteiger partial charge is 0.306 e. The molecule has 2 N–H and O–H groups in total. The van der Waals surface area contributed by atoms with E-state index in [0.29, 0.717) is 12.3 Å². The van der Waals surface area contributed by atoms with Crippen LogP contribution in [0.15, 0.2) is 0 Å². The topological polar surface area (TPSA) is 83.8 Å². The molecule has 130 valence electrons. The monoisotopic (exact) mass is 316 g/mol. The van der Waals surface area contributed by atoms with Crippen molar-refractivity contribution < 1.29 is 24.5 Å². The standard InChI is InChI=1S/C17H32O5/c1-13(2)5-4-6-14(3)7-8-15(20)9-10-17(21)22-16(11-18)12-19/h13-14,16,18-19H,4-12H2,1-3H3. The number of rotatable bonds is 13. The molecule has 0 saturated heterocycles. The van der Waals surface area contributed by atoms with Crippen molar-refractivity contribution in [3.8, 4) is 0 Å². The molecule has 0 aliphatic rings. The van der Waals surface area contributed by atoms with Crippen molar-refractivity contribution in [2.75, 3.05) is 13.2 Å². The van der Waals surface area contributed by atoms with Crippen LogP contribution in [0.1, 0.15) is 65.7 Å². The summed E-state index contributed by atoms with van der Waals surface area (Å²) in [4.78, 5) is 23.2. The first-order valence-electron chi connectivity index (χ1n) is 8.31. The largest absolute Gasteiger partial charge is 0.457 e. The quantitative estimate of drug-likeness (QED) is 0.510. The Bertz CT molecular complexity index is 310. The molecule has 1 atom stereocenters. The number of hydrogen-bond acceptors (Lipinski definition) is 5. The lowest BCUT2D eigenvalue weighted by Crippen LogP contribution is -2.25. The predicted octanol–water partition coefficient (Wildman–Crippen LogP) is 2.47. The molecule has 5 nitrogen and oxygen atoms in total. The van der Waals surface area contributed by atoms with Gasteiger partial charge >= 0.3 is 5.97 Å². The lowest BCUT2D eigenvalue weighted by atomic mass is 9.94. The summed E-state index contributed by atoms with van der Waals surface area (Å²) in [6, 6.07) is 0. The second-order valence-electron chi connectivity index (χ2n) is 6.48. The van der Waals surface area contributed by atoms with Crippen LogP contribution in [0, 0.1) is 11.8 Å². The number of esters is 1. The minimum atomic E-state index is -0.886. The maximum Gasteiger partial charge on any atom is 0.306 e. The van der Waals surface area contributed by atoms with E-state index in [-0.39, 0.29) is 18.6 Å². The molecule has 0 saturated carbocycles. The Hall–Kier alpha value is -0.940. The summed E-state index contributed by atoms with van der Waals surface area (Å²) in [6.07, 6.45) is 4.22. The Morgan fingerprint density at radius 3 is 2.09 bits per heavy atom. The van der Waals surface area contributed by atoms with Crippen molar-refractivity contribution in [3.05, 3.63) is 0 Å². The lowest BCUT2D eigenvalue weighted by Gasteiger charge is -2.13. The zero-order valence-corrected chi connectivity index (χ0v) is 14.2. The van der Waals surface area contributed by atoms with E-state index in [2.05, 4.69) is 20.8 Å². The predicted molar refractivity (Wildman–Crippen MR) is 85.4 cm³/mol. The molecule has 0 heterocycles. The van der Waals surface area contributed by atoms with Crippen LogP contribution in [0.2, 0.25) is 0 Å². The Morgan fingerprint density at radius 2 is 1.55 bits per heavy atom. The van der Waals surface area contributed by atoms with Gasteiger partial charge in [0.05, 0.1) is 19.6 Å². The van der Waals surface area contributed by atoms with Crippen molar-refractivity contribution in [1.29, 1.82) is 0 Å². The maximum atomic E-state index is 11.8. The first-order chi connectivity index (χ1) is 10.4. The van der Waals surface area contributed by atoms with Gasteiger partial charge in [0.25, 0.3) is 0 Å². The summed E-state index contributed by atoms with van der Waals surface area (Å²) in [6.45, 7) is 5.76. The van der Waals surface area contributed by atoms with E-state index in [9.17, 15) is 9.59 Å². The molecule has 0 amide bonds. The van der Waals surface area contributed by atoms with E-state index in [1.54, 1.807) is 0 Å². The number of aliphatic hydroxyl groups excluding tert-OH is 2. The van der Waals surface area contributed by atoms with Crippen LogP contribution in [-0.4, -0.2) is 41.3 Å².